The Balaban J connectivity index is 1.03. The summed E-state index contributed by atoms with van der Waals surface area (Å²) in [5, 5.41) is 13.3. The van der Waals surface area contributed by atoms with Gasteiger partial charge in [-0.1, -0.05) is 115 Å². The van der Waals surface area contributed by atoms with Crippen molar-refractivity contribution in [2.75, 3.05) is 5.32 Å². The summed E-state index contributed by atoms with van der Waals surface area (Å²) in [6, 6.07) is 56.3. The highest BCUT2D eigenvalue weighted by atomic mass is 16.3. The van der Waals surface area contributed by atoms with Crippen LogP contribution in [0.5, 0.6) is 0 Å². The fourth-order valence-electron chi connectivity index (χ4n) is 6.54. The molecule has 9 rings (SSSR count). The molecule has 0 aliphatic heterocycles. The molecule has 0 aliphatic carbocycles. The molecule has 2 nitrogen and oxygen atoms in total. The molecule has 0 fully saturated rings. The van der Waals surface area contributed by atoms with Gasteiger partial charge < -0.3 is 9.73 Å². The molecule has 206 valence electrons. The van der Waals surface area contributed by atoms with Gasteiger partial charge in [0.2, 0.25) is 0 Å². The smallest absolute Gasteiger partial charge is 0.159 e. The number of anilines is 2. The van der Waals surface area contributed by atoms with Crippen LogP contribution in [-0.2, 0) is 0 Å². The van der Waals surface area contributed by atoms with Gasteiger partial charge in [-0.2, -0.15) is 0 Å². The van der Waals surface area contributed by atoms with Gasteiger partial charge >= 0.3 is 0 Å². The monoisotopic (exact) mass is 561 g/mol. The Hall–Kier alpha value is -5.86. The van der Waals surface area contributed by atoms with E-state index in [-0.39, 0.29) is 0 Å². The van der Waals surface area contributed by atoms with E-state index in [1.54, 1.807) is 0 Å². The van der Waals surface area contributed by atoms with Gasteiger partial charge in [0.1, 0.15) is 5.58 Å². The average Bonchev–Trinajstić information content (AvgIpc) is 3.48. The largest absolute Gasteiger partial charge is 0.454 e. The number of rotatable bonds is 4. The average molecular weight is 562 g/mol. The van der Waals surface area contributed by atoms with Crippen LogP contribution in [-0.4, -0.2) is 0 Å². The van der Waals surface area contributed by atoms with Crippen LogP contribution >= 0.6 is 0 Å². The molecule has 0 saturated heterocycles. The molecular weight excluding hydrogens is 534 g/mol. The third-order valence-corrected chi connectivity index (χ3v) is 8.79. The van der Waals surface area contributed by atoms with Crippen molar-refractivity contribution >= 4 is 65.6 Å². The molecule has 0 radical (unpaired) electrons. The van der Waals surface area contributed by atoms with Crippen LogP contribution in [0.15, 0.2) is 162 Å². The van der Waals surface area contributed by atoms with Crippen LogP contribution < -0.4 is 5.32 Å². The molecule has 0 bridgehead atoms. The lowest BCUT2D eigenvalue weighted by molar-refractivity contribution is 0.670. The Morgan fingerprint density at radius 3 is 1.64 bits per heavy atom. The van der Waals surface area contributed by atoms with E-state index in [9.17, 15) is 0 Å². The van der Waals surface area contributed by atoms with E-state index in [1.165, 1.54) is 54.6 Å². The fourth-order valence-corrected chi connectivity index (χ4v) is 6.54. The maximum Gasteiger partial charge on any atom is 0.159 e. The van der Waals surface area contributed by atoms with E-state index in [4.69, 9.17) is 4.42 Å². The summed E-state index contributed by atoms with van der Waals surface area (Å²) < 4.78 is 6.39. The van der Waals surface area contributed by atoms with Crippen LogP contribution in [0.2, 0.25) is 0 Å². The molecule has 8 aromatic carbocycles. The third kappa shape index (κ3) is 4.11. The minimum absolute atomic E-state index is 0.881. The summed E-state index contributed by atoms with van der Waals surface area (Å²) in [5.41, 5.74) is 8.63. The molecule has 0 spiro atoms. The number of hydrogen-bond acceptors (Lipinski definition) is 2. The second kappa shape index (κ2) is 9.86. The van der Waals surface area contributed by atoms with Crippen molar-refractivity contribution in [2.24, 2.45) is 0 Å². The Bertz CT molecular complexity index is 2520. The minimum atomic E-state index is 0.881. The first-order chi connectivity index (χ1) is 21.8. The van der Waals surface area contributed by atoms with Crippen LogP contribution in [0.4, 0.5) is 11.4 Å². The number of furan rings is 1. The highest BCUT2D eigenvalue weighted by molar-refractivity contribution is 6.22. The number of benzene rings is 8. The van der Waals surface area contributed by atoms with E-state index in [0.717, 1.165) is 33.3 Å². The van der Waals surface area contributed by atoms with E-state index in [0.29, 0.717) is 0 Å². The topological polar surface area (TPSA) is 25.2 Å². The van der Waals surface area contributed by atoms with Crippen LogP contribution in [0, 0.1) is 0 Å². The van der Waals surface area contributed by atoms with Gasteiger partial charge in [0, 0.05) is 16.5 Å². The first-order valence-electron chi connectivity index (χ1n) is 15.0. The lowest BCUT2D eigenvalue weighted by atomic mass is 9.96. The summed E-state index contributed by atoms with van der Waals surface area (Å²) in [5.74, 6) is 0. The number of hydrogen-bond donors (Lipinski definition) is 1. The highest BCUT2D eigenvalue weighted by Gasteiger charge is 2.15. The van der Waals surface area contributed by atoms with Gasteiger partial charge in [-0.3, -0.25) is 0 Å². The summed E-state index contributed by atoms with van der Waals surface area (Å²) in [6.45, 7) is 0. The lowest BCUT2D eigenvalue weighted by Gasteiger charge is -2.11. The molecule has 1 aromatic heterocycles. The Morgan fingerprint density at radius 1 is 0.386 bits per heavy atom. The first-order valence-corrected chi connectivity index (χ1v) is 15.0. The van der Waals surface area contributed by atoms with E-state index >= 15 is 0 Å². The second-order valence-corrected chi connectivity index (χ2v) is 11.5. The van der Waals surface area contributed by atoms with Crippen molar-refractivity contribution < 1.29 is 4.42 Å². The van der Waals surface area contributed by atoms with Crippen LogP contribution in [0.3, 0.4) is 0 Å². The molecule has 0 aliphatic rings. The maximum absolute atomic E-state index is 6.39. The molecule has 0 amide bonds. The molecular formula is C42H27NO. The summed E-state index contributed by atoms with van der Waals surface area (Å²) >= 11 is 0. The van der Waals surface area contributed by atoms with E-state index in [2.05, 4.69) is 151 Å². The van der Waals surface area contributed by atoms with E-state index < -0.39 is 0 Å². The quantitative estimate of drug-likeness (QED) is 0.231. The standard InChI is InChI=1S/C42H27NO/c1-2-8-29-23-31(14-13-27(29)7-1)34-18-17-32-24-30(15-16-33(32)25-34)28-19-21-36(22-20-28)43-39-26-35-9-3-4-10-37(35)41-38-11-5-6-12-40(38)44-42(39)41/h1-26,43H. The zero-order valence-corrected chi connectivity index (χ0v) is 23.9. The predicted molar refractivity (Wildman–Crippen MR) is 187 cm³/mol. The molecule has 0 atom stereocenters. The number of nitrogens with one attached hydrogen (secondary N) is 1. The zero-order chi connectivity index (χ0) is 29.0. The van der Waals surface area contributed by atoms with Crippen LogP contribution in [0.1, 0.15) is 0 Å². The number of para-hydroxylation sites is 1. The molecule has 2 heteroatoms. The fraction of sp³-hybridized carbons (Fsp3) is 0. The van der Waals surface area contributed by atoms with Crippen LogP contribution in [0.25, 0.3) is 76.5 Å². The van der Waals surface area contributed by atoms with Gasteiger partial charge in [0.25, 0.3) is 0 Å². The van der Waals surface area contributed by atoms with Crippen molar-refractivity contribution in [1.82, 2.24) is 0 Å². The van der Waals surface area contributed by atoms with E-state index in [1.807, 2.05) is 12.1 Å². The van der Waals surface area contributed by atoms with Crippen molar-refractivity contribution in [1.29, 1.82) is 0 Å². The third-order valence-electron chi connectivity index (χ3n) is 8.79. The maximum atomic E-state index is 6.39. The van der Waals surface area contributed by atoms with Crippen molar-refractivity contribution in [3.63, 3.8) is 0 Å². The number of fused-ring (bicyclic) bond motifs is 7. The SMILES string of the molecule is c1ccc2cc(-c3ccc4cc(-c5ccc(Nc6cc7ccccc7c7c6oc6ccccc67)cc5)ccc4c3)ccc2c1. The Morgan fingerprint density at radius 2 is 0.909 bits per heavy atom. The summed E-state index contributed by atoms with van der Waals surface area (Å²) in [7, 11) is 0. The van der Waals surface area contributed by atoms with Gasteiger partial charge in [-0.25, -0.2) is 0 Å². The van der Waals surface area contributed by atoms with Crippen molar-refractivity contribution in [3.05, 3.63) is 158 Å². The summed E-state index contributed by atoms with van der Waals surface area (Å²) in [4.78, 5) is 0. The second-order valence-electron chi connectivity index (χ2n) is 11.5. The first kappa shape index (κ1) is 24.7. The molecule has 9 aromatic rings. The van der Waals surface area contributed by atoms with Gasteiger partial charge in [-0.05, 0) is 97.0 Å². The predicted octanol–water partition coefficient (Wildman–Crippen LogP) is 12.1. The molecule has 44 heavy (non-hydrogen) atoms. The van der Waals surface area contributed by atoms with Crippen molar-refractivity contribution in [2.45, 2.75) is 0 Å². The highest BCUT2D eigenvalue weighted by Crippen LogP contribution is 2.40. The van der Waals surface area contributed by atoms with Gasteiger partial charge in [0.15, 0.2) is 5.58 Å². The van der Waals surface area contributed by atoms with Crippen molar-refractivity contribution in [3.8, 4) is 22.3 Å². The zero-order valence-electron chi connectivity index (χ0n) is 23.9. The lowest BCUT2D eigenvalue weighted by Crippen LogP contribution is -1.91. The molecule has 1 heterocycles. The minimum Gasteiger partial charge on any atom is -0.454 e. The Labute approximate surface area is 254 Å². The molecule has 0 unspecified atom stereocenters. The normalized spacial score (nSPS) is 11.6. The molecule has 1 N–H and O–H groups in total. The van der Waals surface area contributed by atoms with Gasteiger partial charge in [0.05, 0.1) is 5.69 Å². The van der Waals surface area contributed by atoms with Gasteiger partial charge in [-0.15, -0.1) is 0 Å². The molecule has 0 saturated carbocycles. The Kier molecular flexibility index (Phi) is 5.54. The summed E-state index contributed by atoms with van der Waals surface area (Å²) in [6.07, 6.45) is 0.